The van der Waals surface area contributed by atoms with E-state index in [1.165, 1.54) is 25.7 Å². The Labute approximate surface area is 131 Å². The summed E-state index contributed by atoms with van der Waals surface area (Å²) >= 11 is 0.149. The van der Waals surface area contributed by atoms with Gasteiger partial charge in [-0.1, -0.05) is 0 Å². The molecule has 0 heterocycles. The molecular weight excluding hydrogens is 367 g/mol. The predicted octanol–water partition coefficient (Wildman–Crippen LogP) is 0.534. The van der Waals surface area contributed by atoms with E-state index in [-0.39, 0.29) is 21.1 Å². The summed E-state index contributed by atoms with van der Waals surface area (Å²) in [5.74, 6) is -3.98. The fraction of sp³-hybridized carbons (Fsp3) is 0.714. The number of carbonyl (C=O) groups is 2. The van der Waals surface area contributed by atoms with Crippen LogP contribution in [0.1, 0.15) is 46.5 Å². The number of rotatable bonds is 9. The average molecular weight is 391 g/mol. The summed E-state index contributed by atoms with van der Waals surface area (Å²) in [7, 11) is 1.04. The van der Waals surface area contributed by atoms with Gasteiger partial charge >= 0.3 is 69.5 Å². The van der Waals surface area contributed by atoms with Crippen molar-refractivity contribution in [3.8, 4) is 0 Å². The van der Waals surface area contributed by atoms with Crippen molar-refractivity contribution >= 4 is 33.1 Å². The van der Waals surface area contributed by atoms with E-state index in [0.29, 0.717) is 0 Å². The summed E-state index contributed by atoms with van der Waals surface area (Å²) < 4.78 is 7.48. The van der Waals surface area contributed by atoms with Gasteiger partial charge in [0.25, 0.3) is 0 Å². The molecule has 0 aliphatic heterocycles. The zero-order valence-electron chi connectivity index (χ0n) is 12.8. The molecule has 0 aromatic heterocycles. The van der Waals surface area contributed by atoms with Crippen LogP contribution in [0, 0.1) is 0 Å². The van der Waals surface area contributed by atoms with Crippen LogP contribution >= 0.6 is 0 Å². The molecule has 0 N–H and O–H groups in total. The summed E-state index contributed by atoms with van der Waals surface area (Å²) in [6.45, 7) is 5.64. The molecule has 114 valence electrons. The number of hydrogen-bond acceptors (Lipinski definition) is 5. The molecule has 0 spiro atoms. The van der Waals surface area contributed by atoms with Gasteiger partial charge in [0.1, 0.15) is 11.7 Å². The molecule has 0 aliphatic rings. The topological polar surface area (TPSA) is 89.5 Å². The second-order valence-corrected chi connectivity index (χ2v) is 8.47. The molecule has 5 nitrogen and oxygen atoms in total. The molecule has 6 heteroatoms. The van der Waals surface area contributed by atoms with Crippen molar-refractivity contribution in [3.63, 3.8) is 0 Å². The number of hydrogen-bond donors (Lipinski definition) is 0. The Morgan fingerprint density at radius 2 is 1.45 bits per heavy atom. The largest absolute Gasteiger partial charge is 0.545 e. The Bertz CT molecular complexity index is 307. The first-order valence-corrected chi connectivity index (χ1v) is 10.8. The Morgan fingerprint density at radius 1 is 1.00 bits per heavy atom. The first-order valence-electron chi connectivity index (χ1n) is 6.80. The summed E-state index contributed by atoms with van der Waals surface area (Å²) in [5.41, 5.74) is -0.493. The standard InChI is InChI=1S/C6H8O5.2C4H9.Sn/c1-3(5(7)8)4(11-2)6(9)10;2*1-3-4-2;/h1-2H3,(H,7,8)(H,9,10);2*1,3-4H2,2H3;/q;;;+2/p-2/b4-3+;;;. The summed E-state index contributed by atoms with van der Waals surface area (Å²) in [6, 6.07) is 0. The summed E-state index contributed by atoms with van der Waals surface area (Å²) in [4.78, 5) is 20.2. The van der Waals surface area contributed by atoms with Crippen molar-refractivity contribution in [2.45, 2.75) is 55.3 Å². The molecule has 20 heavy (non-hydrogen) atoms. The van der Waals surface area contributed by atoms with E-state index in [0.717, 1.165) is 14.0 Å². The molecule has 0 atom stereocenters. The van der Waals surface area contributed by atoms with Crippen LogP contribution in [-0.2, 0) is 14.3 Å². The van der Waals surface area contributed by atoms with E-state index in [4.69, 9.17) is 0 Å². The van der Waals surface area contributed by atoms with Crippen molar-refractivity contribution < 1.29 is 24.5 Å². The van der Waals surface area contributed by atoms with Crippen LogP contribution in [-0.4, -0.2) is 40.2 Å². The first-order chi connectivity index (χ1) is 9.42. The van der Waals surface area contributed by atoms with Gasteiger partial charge in [0.15, 0.2) is 0 Å². The van der Waals surface area contributed by atoms with E-state index < -0.39 is 23.3 Å². The molecule has 0 radical (unpaired) electrons. The number of unbranched alkanes of at least 4 members (excludes halogenated alkanes) is 2. The van der Waals surface area contributed by atoms with E-state index in [1.54, 1.807) is 8.87 Å². The molecule has 0 unspecified atom stereocenters. The maximum atomic E-state index is 10.1. The predicted molar refractivity (Wildman–Crippen MR) is 74.9 cm³/mol. The third-order valence-electron chi connectivity index (χ3n) is 2.45. The zero-order valence-corrected chi connectivity index (χ0v) is 15.6. The van der Waals surface area contributed by atoms with E-state index in [2.05, 4.69) is 18.6 Å². The van der Waals surface area contributed by atoms with Crippen molar-refractivity contribution in [2.75, 3.05) is 7.11 Å². The van der Waals surface area contributed by atoms with Gasteiger partial charge in [-0.3, -0.25) is 0 Å². The monoisotopic (exact) mass is 392 g/mol. The summed E-state index contributed by atoms with van der Waals surface area (Å²) in [6.07, 6.45) is 5.84. The molecule has 0 rings (SSSR count). The van der Waals surface area contributed by atoms with E-state index in [1.807, 2.05) is 0 Å². The first kappa shape index (κ1) is 21.6. The number of ether oxygens (including phenoxy) is 1. The molecule has 0 aromatic carbocycles. The second kappa shape index (κ2) is 14.7. The van der Waals surface area contributed by atoms with Gasteiger partial charge < -0.3 is 24.5 Å². The Kier molecular flexibility index (Phi) is 15.8. The van der Waals surface area contributed by atoms with Crippen molar-refractivity contribution in [2.24, 2.45) is 0 Å². The van der Waals surface area contributed by atoms with Gasteiger partial charge in [-0.15, -0.1) is 0 Å². The molecule has 0 bridgehead atoms. The van der Waals surface area contributed by atoms with Gasteiger partial charge in [0, 0.05) is 5.57 Å². The van der Waals surface area contributed by atoms with Crippen LogP contribution < -0.4 is 10.2 Å². The minimum atomic E-state index is -1.67. The van der Waals surface area contributed by atoms with Crippen molar-refractivity contribution in [1.82, 2.24) is 0 Å². The fourth-order valence-corrected chi connectivity index (χ4v) is 5.37. The smallest absolute Gasteiger partial charge is 0.146 e. The van der Waals surface area contributed by atoms with Gasteiger partial charge in [0.2, 0.25) is 0 Å². The maximum Gasteiger partial charge on any atom is 0.146 e. The molecule has 0 aromatic rings. The minimum absolute atomic E-state index is 0.149. The van der Waals surface area contributed by atoms with Crippen LogP contribution in [0.3, 0.4) is 0 Å². The van der Waals surface area contributed by atoms with Gasteiger partial charge in [-0.25, -0.2) is 0 Å². The molecule has 0 saturated heterocycles. The van der Waals surface area contributed by atoms with Crippen LogP contribution in [0.4, 0.5) is 0 Å². The average Bonchev–Trinajstić information content (AvgIpc) is 2.39. The Morgan fingerprint density at radius 3 is 1.65 bits per heavy atom. The van der Waals surface area contributed by atoms with E-state index >= 15 is 0 Å². The van der Waals surface area contributed by atoms with Gasteiger partial charge in [-0.05, 0) is 6.92 Å². The maximum absolute atomic E-state index is 10.1. The minimum Gasteiger partial charge on any atom is -0.545 e. The van der Waals surface area contributed by atoms with Gasteiger partial charge in [-0.2, -0.15) is 0 Å². The molecular formula is C14H24O5Sn. The van der Waals surface area contributed by atoms with Crippen LogP contribution in [0.25, 0.3) is 0 Å². The Balaban J connectivity index is 0. The quantitative estimate of drug-likeness (QED) is 0.248. The Hall–Kier alpha value is -0.721. The van der Waals surface area contributed by atoms with E-state index in [9.17, 15) is 19.8 Å². The normalized spacial score (nSPS) is 10.6. The number of methoxy groups -OCH3 is 1. The third kappa shape index (κ3) is 12.3. The molecule has 0 saturated carbocycles. The molecule has 0 amide bonds. The number of carbonyl (C=O) groups excluding carboxylic acids is 2. The van der Waals surface area contributed by atoms with Gasteiger partial charge in [0.05, 0.1) is 13.1 Å². The molecule has 0 fully saturated rings. The second-order valence-electron chi connectivity index (χ2n) is 4.19. The molecule has 0 aliphatic carbocycles. The van der Waals surface area contributed by atoms with Crippen LogP contribution in [0.5, 0.6) is 0 Å². The van der Waals surface area contributed by atoms with Crippen molar-refractivity contribution in [1.29, 1.82) is 0 Å². The summed E-state index contributed by atoms with van der Waals surface area (Å²) in [5, 5.41) is 20.2. The number of aliphatic carboxylic acids is 2. The van der Waals surface area contributed by atoms with Crippen molar-refractivity contribution in [3.05, 3.63) is 11.3 Å². The van der Waals surface area contributed by atoms with Crippen LogP contribution in [0.2, 0.25) is 8.87 Å². The number of carboxylic acids is 2. The van der Waals surface area contributed by atoms with Crippen LogP contribution in [0.15, 0.2) is 11.3 Å². The fourth-order valence-electron chi connectivity index (χ4n) is 1.21. The third-order valence-corrected chi connectivity index (χ3v) is 6.49. The number of carboxylic acid groups (broad SMARTS) is 2. The zero-order chi connectivity index (χ0) is 16.0. The SMILES string of the molecule is CCC[CH2][Sn+2][CH2]CCC.CO/C(C(=O)[O-])=C(\C)C(=O)[O-].